The summed E-state index contributed by atoms with van der Waals surface area (Å²) in [6.45, 7) is 1.43. The van der Waals surface area contributed by atoms with Crippen LogP contribution in [0.15, 0.2) is 43.0 Å². The van der Waals surface area contributed by atoms with Crippen molar-refractivity contribution in [2.75, 3.05) is 50.6 Å². The number of hydrogen-bond acceptors (Lipinski definition) is 8. The maximum atomic E-state index is 14.4. The molecule has 0 spiro atoms. The van der Waals surface area contributed by atoms with Gasteiger partial charge in [0.1, 0.15) is 18.6 Å². The molecular weight excluding hydrogens is 484 g/mol. The molecule has 13 heteroatoms. The van der Waals surface area contributed by atoms with Crippen molar-refractivity contribution in [2.24, 2.45) is 0 Å². The molecular formula is C24H27F2N9O2. The van der Waals surface area contributed by atoms with Crippen LogP contribution in [0.3, 0.4) is 0 Å². The van der Waals surface area contributed by atoms with Gasteiger partial charge in [-0.15, -0.1) is 0 Å². The largest absolute Gasteiger partial charge is 0.370 e. The van der Waals surface area contributed by atoms with Gasteiger partial charge < -0.3 is 19.9 Å². The van der Waals surface area contributed by atoms with Crippen LogP contribution in [0.5, 0.6) is 0 Å². The molecule has 1 aromatic carbocycles. The average Bonchev–Trinajstić information content (AvgIpc) is 3.45. The number of hydrogen-bond donors (Lipinski definition) is 1. The normalized spacial score (nSPS) is 15.1. The monoisotopic (exact) mass is 511 g/mol. The van der Waals surface area contributed by atoms with E-state index >= 15 is 0 Å². The fourth-order valence-electron chi connectivity index (χ4n) is 4.20. The Morgan fingerprint density at radius 1 is 1.19 bits per heavy atom. The van der Waals surface area contributed by atoms with E-state index in [0.717, 1.165) is 0 Å². The van der Waals surface area contributed by atoms with Gasteiger partial charge in [0.25, 0.3) is 5.91 Å². The van der Waals surface area contributed by atoms with Crippen LogP contribution in [0.25, 0.3) is 11.0 Å². The minimum absolute atomic E-state index is 0.0221. The smallest absolute Gasteiger partial charge is 0.253 e. The lowest BCUT2D eigenvalue weighted by Gasteiger charge is -2.27. The summed E-state index contributed by atoms with van der Waals surface area (Å²) in [5.74, 6) is -0.338. The number of ether oxygens (including phenoxy) is 1. The molecule has 1 amide bonds. The van der Waals surface area contributed by atoms with Gasteiger partial charge in [-0.3, -0.25) is 9.48 Å². The molecule has 194 valence electrons. The number of halogens is 2. The lowest BCUT2D eigenvalue weighted by atomic mass is 10.1. The maximum absolute atomic E-state index is 14.4. The first-order valence-corrected chi connectivity index (χ1v) is 11.8. The van der Waals surface area contributed by atoms with Gasteiger partial charge in [-0.25, -0.2) is 18.4 Å². The molecule has 1 unspecified atom stereocenters. The van der Waals surface area contributed by atoms with Gasteiger partial charge in [0, 0.05) is 31.2 Å². The number of fused-ring (bicyclic) bond motifs is 1. The molecule has 4 heterocycles. The number of anilines is 3. The van der Waals surface area contributed by atoms with Crippen molar-refractivity contribution in [2.45, 2.75) is 19.3 Å². The van der Waals surface area contributed by atoms with E-state index in [0.29, 0.717) is 53.6 Å². The summed E-state index contributed by atoms with van der Waals surface area (Å²) in [7, 11) is 3.64. The summed E-state index contributed by atoms with van der Waals surface area (Å²) in [6.07, 6.45) is 5.49. The maximum Gasteiger partial charge on any atom is 0.253 e. The molecule has 1 atom stereocenters. The molecule has 1 fully saturated rings. The third kappa shape index (κ3) is 5.89. The first kappa shape index (κ1) is 24.7. The molecule has 0 aliphatic carbocycles. The minimum atomic E-state index is -1.05. The van der Waals surface area contributed by atoms with Gasteiger partial charge in [-0.05, 0) is 37.9 Å². The summed E-state index contributed by atoms with van der Waals surface area (Å²) >= 11 is 0. The highest BCUT2D eigenvalue weighted by atomic mass is 19.1. The number of aromatic nitrogens is 6. The number of nitrogens with zero attached hydrogens (tertiary/aromatic N) is 8. The Hall–Kier alpha value is -3.97. The van der Waals surface area contributed by atoms with E-state index in [4.69, 9.17) is 4.74 Å². The second kappa shape index (κ2) is 10.6. The van der Waals surface area contributed by atoms with Crippen molar-refractivity contribution in [1.29, 1.82) is 0 Å². The lowest BCUT2D eigenvalue weighted by Crippen LogP contribution is -2.41. The van der Waals surface area contributed by atoms with E-state index in [1.165, 1.54) is 21.7 Å². The van der Waals surface area contributed by atoms with Crippen molar-refractivity contribution in [3.63, 3.8) is 0 Å². The van der Waals surface area contributed by atoms with Crippen LogP contribution in [0.1, 0.15) is 5.56 Å². The zero-order valence-electron chi connectivity index (χ0n) is 20.5. The number of alkyl halides is 1. The molecule has 3 aromatic heterocycles. The van der Waals surface area contributed by atoms with Crippen LogP contribution in [0.2, 0.25) is 0 Å². The first-order chi connectivity index (χ1) is 17.8. The number of nitrogens with one attached hydrogen (secondary N) is 1. The number of rotatable bonds is 9. The first-order valence-electron chi connectivity index (χ1n) is 11.8. The standard InChI is InChI=1S/C24H27F2N9O2/c1-32(2)12-19(26)13-33-14-20(10-28-33)30-24-27-8-17-9-29-35(23(17)31-24)11-16-5-18(25)7-21(6-16)34-3-4-37-15-22(34)36/h5-10,14,19H,3-4,11-13,15H2,1-2H3,(H,27,30,31). The van der Waals surface area contributed by atoms with Crippen LogP contribution in [0.4, 0.5) is 26.1 Å². The van der Waals surface area contributed by atoms with E-state index in [1.54, 1.807) is 40.4 Å². The number of morpholine rings is 1. The molecule has 1 saturated heterocycles. The third-order valence-corrected chi connectivity index (χ3v) is 5.79. The fourth-order valence-corrected chi connectivity index (χ4v) is 4.20. The number of amides is 1. The second-order valence-electron chi connectivity index (χ2n) is 9.13. The van der Waals surface area contributed by atoms with Crippen molar-refractivity contribution >= 4 is 34.3 Å². The zero-order valence-corrected chi connectivity index (χ0v) is 20.5. The minimum Gasteiger partial charge on any atom is -0.370 e. The Labute approximate surface area is 211 Å². The Morgan fingerprint density at radius 3 is 2.86 bits per heavy atom. The SMILES string of the molecule is CN(C)CC(F)Cn1cc(Nc2ncc3cnn(Cc4cc(F)cc(N5CCOCC5=O)c4)c3n2)cn1. The number of carbonyl (C=O) groups is 1. The Morgan fingerprint density at radius 2 is 2.05 bits per heavy atom. The number of carbonyl (C=O) groups excluding carboxylic acids is 1. The molecule has 1 N–H and O–H groups in total. The average molecular weight is 512 g/mol. The molecule has 5 rings (SSSR count). The van der Waals surface area contributed by atoms with E-state index in [2.05, 4.69) is 25.5 Å². The van der Waals surface area contributed by atoms with Gasteiger partial charge >= 0.3 is 0 Å². The van der Waals surface area contributed by atoms with Crippen molar-refractivity contribution in [1.82, 2.24) is 34.4 Å². The third-order valence-electron chi connectivity index (χ3n) is 5.79. The van der Waals surface area contributed by atoms with E-state index in [-0.39, 0.29) is 25.6 Å². The molecule has 0 radical (unpaired) electrons. The van der Waals surface area contributed by atoms with Crippen molar-refractivity contribution in [3.05, 3.63) is 54.4 Å². The summed E-state index contributed by atoms with van der Waals surface area (Å²) in [6, 6.07) is 4.51. The molecule has 1 aliphatic heterocycles. The van der Waals surface area contributed by atoms with Crippen LogP contribution in [0, 0.1) is 5.82 Å². The fraction of sp³-hybridized carbons (Fsp3) is 0.375. The summed E-state index contributed by atoms with van der Waals surface area (Å²) in [5, 5.41) is 12.4. The molecule has 37 heavy (non-hydrogen) atoms. The Bertz CT molecular complexity index is 1400. The van der Waals surface area contributed by atoms with Gasteiger partial charge in [0.2, 0.25) is 5.95 Å². The summed E-state index contributed by atoms with van der Waals surface area (Å²) in [5.41, 5.74) is 2.28. The zero-order chi connectivity index (χ0) is 25.9. The highest BCUT2D eigenvalue weighted by molar-refractivity contribution is 5.94. The van der Waals surface area contributed by atoms with Gasteiger partial charge in [0.15, 0.2) is 5.65 Å². The van der Waals surface area contributed by atoms with E-state index < -0.39 is 12.0 Å². The van der Waals surface area contributed by atoms with Crippen molar-refractivity contribution < 1.29 is 18.3 Å². The highest BCUT2D eigenvalue weighted by Gasteiger charge is 2.21. The highest BCUT2D eigenvalue weighted by Crippen LogP contribution is 2.23. The van der Waals surface area contributed by atoms with Gasteiger partial charge in [-0.1, -0.05) is 0 Å². The summed E-state index contributed by atoms with van der Waals surface area (Å²) < 4.78 is 36.9. The molecule has 1 aliphatic rings. The van der Waals surface area contributed by atoms with Gasteiger partial charge in [0.05, 0.1) is 43.2 Å². The van der Waals surface area contributed by atoms with Gasteiger partial charge in [-0.2, -0.15) is 15.2 Å². The molecule has 0 bridgehead atoms. The Balaban J connectivity index is 1.33. The Kier molecular flexibility index (Phi) is 7.06. The van der Waals surface area contributed by atoms with Crippen molar-refractivity contribution in [3.8, 4) is 0 Å². The van der Waals surface area contributed by atoms with Crippen LogP contribution in [-0.2, 0) is 22.6 Å². The van der Waals surface area contributed by atoms with E-state index in [1.807, 2.05) is 14.1 Å². The molecule has 4 aromatic rings. The molecule has 11 nitrogen and oxygen atoms in total. The summed E-state index contributed by atoms with van der Waals surface area (Å²) in [4.78, 5) is 24.4. The number of benzene rings is 1. The lowest BCUT2D eigenvalue weighted by molar-refractivity contribution is -0.125. The van der Waals surface area contributed by atoms with E-state index in [9.17, 15) is 13.6 Å². The second-order valence-corrected chi connectivity index (χ2v) is 9.13. The predicted molar refractivity (Wildman–Crippen MR) is 133 cm³/mol. The van der Waals surface area contributed by atoms with Crippen LogP contribution in [-0.4, -0.2) is 86.9 Å². The molecule has 0 saturated carbocycles. The topological polar surface area (TPSA) is 106 Å². The van der Waals surface area contributed by atoms with Crippen LogP contribution < -0.4 is 10.2 Å². The quantitative estimate of drug-likeness (QED) is 0.365. The van der Waals surface area contributed by atoms with Crippen LogP contribution >= 0.6 is 0 Å². The predicted octanol–water partition coefficient (Wildman–Crippen LogP) is 2.22.